The Balaban J connectivity index is 1.98. The summed E-state index contributed by atoms with van der Waals surface area (Å²) < 4.78 is 30.8. The number of furan rings is 1. The van der Waals surface area contributed by atoms with E-state index in [1.807, 2.05) is 6.92 Å². The van der Waals surface area contributed by atoms with Crippen LogP contribution in [0.3, 0.4) is 0 Å². The first-order valence-corrected chi connectivity index (χ1v) is 8.86. The van der Waals surface area contributed by atoms with Crippen LogP contribution in [-0.4, -0.2) is 55.5 Å². The number of nitrogens with zero attached hydrogens (tertiary/aromatic N) is 2. The van der Waals surface area contributed by atoms with Crippen LogP contribution in [0.5, 0.6) is 0 Å². The third-order valence-electron chi connectivity index (χ3n) is 3.23. The summed E-state index contributed by atoms with van der Waals surface area (Å²) in [6.07, 6.45) is 2.04. The summed E-state index contributed by atoms with van der Waals surface area (Å²) >= 11 is 3.18. The molecule has 20 heavy (non-hydrogen) atoms. The van der Waals surface area contributed by atoms with Gasteiger partial charge in [0.2, 0.25) is 10.0 Å². The highest BCUT2D eigenvalue weighted by atomic mass is 79.9. The molecule has 6 nitrogen and oxygen atoms in total. The number of halogens is 1. The van der Waals surface area contributed by atoms with Crippen LogP contribution in [0.4, 0.5) is 0 Å². The van der Waals surface area contributed by atoms with Gasteiger partial charge in [-0.05, 0) is 28.4 Å². The van der Waals surface area contributed by atoms with E-state index in [-0.39, 0.29) is 11.7 Å². The standard InChI is InChI=1S/C12H17BrN2O4S/c1-2-9-20(17,18)15-6-4-14(5-7-15)12(16)10-3-8-19-11(10)13/h3,8H,2,4-7,9H2,1H3. The summed E-state index contributed by atoms with van der Waals surface area (Å²) in [5, 5.41) is 0. The van der Waals surface area contributed by atoms with Gasteiger partial charge in [0.15, 0.2) is 4.67 Å². The Labute approximate surface area is 126 Å². The maximum Gasteiger partial charge on any atom is 0.258 e. The summed E-state index contributed by atoms with van der Waals surface area (Å²) in [7, 11) is -3.18. The zero-order valence-corrected chi connectivity index (χ0v) is 13.6. The molecule has 0 radical (unpaired) electrons. The molecule has 1 aliphatic rings. The molecule has 1 saturated heterocycles. The fourth-order valence-corrected chi connectivity index (χ4v) is 4.08. The van der Waals surface area contributed by atoms with Crippen molar-refractivity contribution < 1.29 is 17.6 Å². The minimum absolute atomic E-state index is 0.141. The van der Waals surface area contributed by atoms with E-state index >= 15 is 0 Å². The van der Waals surface area contributed by atoms with Crippen LogP contribution in [0, 0.1) is 0 Å². The summed E-state index contributed by atoms with van der Waals surface area (Å²) in [6.45, 7) is 3.35. The predicted octanol–water partition coefficient (Wildman–Crippen LogP) is 1.54. The van der Waals surface area contributed by atoms with E-state index in [2.05, 4.69) is 15.9 Å². The van der Waals surface area contributed by atoms with Crippen molar-refractivity contribution in [1.82, 2.24) is 9.21 Å². The molecule has 1 amide bonds. The molecule has 0 atom stereocenters. The topological polar surface area (TPSA) is 70.8 Å². The molecule has 0 aliphatic carbocycles. The molecule has 0 spiro atoms. The molecular weight excluding hydrogens is 348 g/mol. The lowest BCUT2D eigenvalue weighted by Gasteiger charge is -2.33. The van der Waals surface area contributed by atoms with Gasteiger partial charge in [-0.1, -0.05) is 6.92 Å². The summed E-state index contributed by atoms with van der Waals surface area (Å²) in [6, 6.07) is 1.60. The molecule has 0 aromatic carbocycles. The zero-order chi connectivity index (χ0) is 14.8. The first-order valence-electron chi connectivity index (χ1n) is 6.46. The van der Waals surface area contributed by atoms with Gasteiger partial charge in [0, 0.05) is 26.2 Å². The van der Waals surface area contributed by atoms with E-state index in [1.165, 1.54) is 10.6 Å². The monoisotopic (exact) mass is 364 g/mol. The predicted molar refractivity (Wildman–Crippen MR) is 78.0 cm³/mol. The number of piperazine rings is 1. The van der Waals surface area contributed by atoms with Crippen molar-refractivity contribution in [1.29, 1.82) is 0 Å². The lowest BCUT2D eigenvalue weighted by atomic mass is 10.2. The molecular formula is C12H17BrN2O4S. The van der Waals surface area contributed by atoms with Crippen molar-refractivity contribution in [3.05, 3.63) is 22.6 Å². The van der Waals surface area contributed by atoms with Gasteiger partial charge in [-0.3, -0.25) is 4.79 Å². The van der Waals surface area contributed by atoms with Gasteiger partial charge in [-0.2, -0.15) is 4.31 Å². The average Bonchev–Trinajstić information content (AvgIpc) is 2.84. The fraction of sp³-hybridized carbons (Fsp3) is 0.583. The molecule has 1 aliphatic heterocycles. The Morgan fingerprint density at radius 3 is 2.50 bits per heavy atom. The highest BCUT2D eigenvalue weighted by molar-refractivity contribution is 9.10. The molecule has 0 bridgehead atoms. The molecule has 0 saturated carbocycles. The Morgan fingerprint density at radius 2 is 2.00 bits per heavy atom. The van der Waals surface area contributed by atoms with Crippen molar-refractivity contribution in [2.45, 2.75) is 13.3 Å². The molecule has 112 valence electrons. The quantitative estimate of drug-likeness (QED) is 0.812. The van der Waals surface area contributed by atoms with E-state index in [4.69, 9.17) is 4.42 Å². The second kappa shape index (κ2) is 6.28. The second-order valence-corrected chi connectivity index (χ2v) is 7.42. The van der Waals surface area contributed by atoms with Gasteiger partial charge in [-0.15, -0.1) is 0 Å². The number of amides is 1. The van der Waals surface area contributed by atoms with Gasteiger partial charge >= 0.3 is 0 Å². The maximum atomic E-state index is 12.2. The van der Waals surface area contributed by atoms with Crippen molar-refractivity contribution >= 4 is 31.9 Å². The van der Waals surface area contributed by atoms with Gasteiger partial charge in [0.1, 0.15) is 0 Å². The highest BCUT2D eigenvalue weighted by Crippen LogP contribution is 2.20. The summed E-state index contributed by atoms with van der Waals surface area (Å²) in [5.74, 6) is 0.0203. The number of hydrogen-bond acceptors (Lipinski definition) is 4. The van der Waals surface area contributed by atoms with Crippen LogP contribution in [0.15, 0.2) is 21.4 Å². The molecule has 0 N–H and O–H groups in total. The Kier molecular flexibility index (Phi) is 4.87. The largest absolute Gasteiger partial charge is 0.457 e. The number of rotatable bonds is 4. The Hall–Kier alpha value is -0.860. The molecule has 1 fully saturated rings. The fourth-order valence-electron chi connectivity index (χ4n) is 2.17. The molecule has 8 heteroatoms. The molecule has 1 aromatic heterocycles. The van der Waals surface area contributed by atoms with Crippen LogP contribution >= 0.6 is 15.9 Å². The molecule has 1 aromatic rings. The van der Waals surface area contributed by atoms with Crippen LogP contribution in [0.2, 0.25) is 0 Å². The first kappa shape index (κ1) is 15.5. The van der Waals surface area contributed by atoms with E-state index in [0.717, 1.165) is 0 Å². The molecule has 2 heterocycles. The van der Waals surface area contributed by atoms with Crippen LogP contribution < -0.4 is 0 Å². The third-order valence-corrected chi connectivity index (χ3v) is 5.92. The summed E-state index contributed by atoms with van der Waals surface area (Å²) in [5.41, 5.74) is 0.467. The number of carbonyl (C=O) groups excluding carboxylic acids is 1. The Bertz CT molecular complexity index is 576. The van der Waals surface area contributed by atoms with Gasteiger partial charge in [0.05, 0.1) is 17.6 Å². The van der Waals surface area contributed by atoms with Crippen molar-refractivity contribution in [3.8, 4) is 0 Å². The van der Waals surface area contributed by atoms with Gasteiger partial charge < -0.3 is 9.32 Å². The molecule has 2 rings (SSSR count). The highest BCUT2D eigenvalue weighted by Gasteiger charge is 2.29. The van der Waals surface area contributed by atoms with Crippen molar-refractivity contribution in [2.75, 3.05) is 31.9 Å². The number of sulfonamides is 1. The van der Waals surface area contributed by atoms with Crippen molar-refractivity contribution in [2.24, 2.45) is 0 Å². The lowest BCUT2D eigenvalue weighted by Crippen LogP contribution is -2.51. The maximum absolute atomic E-state index is 12.2. The minimum atomic E-state index is -3.18. The van der Waals surface area contributed by atoms with Gasteiger partial charge in [0.25, 0.3) is 5.91 Å². The van der Waals surface area contributed by atoms with E-state index in [9.17, 15) is 13.2 Å². The lowest BCUT2D eigenvalue weighted by molar-refractivity contribution is 0.0696. The van der Waals surface area contributed by atoms with Crippen molar-refractivity contribution in [3.63, 3.8) is 0 Å². The normalized spacial score (nSPS) is 17.4. The number of hydrogen-bond donors (Lipinski definition) is 0. The van der Waals surface area contributed by atoms with E-state index in [1.54, 1.807) is 11.0 Å². The summed E-state index contributed by atoms with van der Waals surface area (Å²) in [4.78, 5) is 13.9. The van der Waals surface area contributed by atoms with Crippen LogP contribution in [0.25, 0.3) is 0 Å². The molecule has 0 unspecified atom stereocenters. The number of carbonyl (C=O) groups is 1. The van der Waals surface area contributed by atoms with Gasteiger partial charge in [-0.25, -0.2) is 8.42 Å². The smallest absolute Gasteiger partial charge is 0.258 e. The van der Waals surface area contributed by atoms with Crippen LogP contribution in [-0.2, 0) is 10.0 Å². The first-order chi connectivity index (χ1) is 9.45. The second-order valence-electron chi connectivity index (χ2n) is 4.62. The Morgan fingerprint density at radius 1 is 1.35 bits per heavy atom. The van der Waals surface area contributed by atoms with E-state index in [0.29, 0.717) is 42.8 Å². The average molecular weight is 365 g/mol. The zero-order valence-electron chi connectivity index (χ0n) is 11.2. The van der Waals surface area contributed by atoms with Crippen LogP contribution in [0.1, 0.15) is 23.7 Å². The minimum Gasteiger partial charge on any atom is -0.457 e. The third kappa shape index (κ3) is 3.24. The van der Waals surface area contributed by atoms with E-state index < -0.39 is 10.0 Å². The SMILES string of the molecule is CCCS(=O)(=O)N1CCN(C(=O)c2ccoc2Br)CC1.